The number of hydrogen-bond donors (Lipinski definition) is 3. The predicted molar refractivity (Wildman–Crippen MR) is 98.9 cm³/mol. The topological polar surface area (TPSA) is 60.7 Å². The van der Waals surface area contributed by atoms with E-state index in [9.17, 15) is 15.3 Å². The molecule has 0 bridgehead atoms. The summed E-state index contributed by atoms with van der Waals surface area (Å²) in [6, 6.07) is 0. The molecule has 3 fully saturated rings. The van der Waals surface area contributed by atoms with Crippen molar-refractivity contribution in [3.05, 3.63) is 23.8 Å². The molecule has 0 aromatic rings. The molecule has 0 saturated heterocycles. The second-order valence-electron chi connectivity index (χ2n) is 9.06. The van der Waals surface area contributed by atoms with Gasteiger partial charge in [0.1, 0.15) is 0 Å². The van der Waals surface area contributed by atoms with Gasteiger partial charge in [-0.1, -0.05) is 30.7 Å². The average Bonchev–Trinajstić information content (AvgIpc) is 2.93. The number of allylic oxidation sites excluding steroid dienone is 1. The second kappa shape index (κ2) is 6.51. The third kappa shape index (κ3) is 2.57. The average molecular weight is 347 g/mol. The summed E-state index contributed by atoms with van der Waals surface area (Å²) in [5.74, 6) is 2.76. The number of aliphatic hydroxyl groups is 3. The normalized spacial score (nSPS) is 49.4. The Balaban J connectivity index is 1.63. The Morgan fingerprint density at radius 2 is 1.96 bits per heavy atom. The van der Waals surface area contributed by atoms with Crippen LogP contribution < -0.4 is 0 Å². The Morgan fingerprint density at radius 3 is 2.72 bits per heavy atom. The van der Waals surface area contributed by atoms with Gasteiger partial charge < -0.3 is 15.3 Å². The van der Waals surface area contributed by atoms with Crippen LogP contribution in [0.1, 0.15) is 64.7 Å². The zero-order valence-corrected chi connectivity index (χ0v) is 15.5. The quantitative estimate of drug-likeness (QED) is 0.685. The van der Waals surface area contributed by atoms with Crippen molar-refractivity contribution in [2.45, 2.75) is 76.4 Å². The first-order valence-electron chi connectivity index (χ1n) is 10.4. The molecule has 4 aliphatic rings. The molecule has 0 amide bonds. The molecule has 25 heavy (non-hydrogen) atoms. The van der Waals surface area contributed by atoms with Crippen LogP contribution in [0.5, 0.6) is 0 Å². The molecule has 3 N–H and O–H groups in total. The van der Waals surface area contributed by atoms with Crippen molar-refractivity contribution in [3.63, 3.8) is 0 Å². The molecule has 0 aromatic carbocycles. The van der Waals surface area contributed by atoms with E-state index in [1.807, 2.05) is 6.08 Å². The highest BCUT2D eigenvalue weighted by molar-refractivity contribution is 5.24. The summed E-state index contributed by atoms with van der Waals surface area (Å²) in [4.78, 5) is 0. The van der Waals surface area contributed by atoms with Gasteiger partial charge in [0.05, 0.1) is 18.3 Å². The lowest BCUT2D eigenvalue weighted by Gasteiger charge is -2.56. The largest absolute Gasteiger partial charge is 0.392 e. The van der Waals surface area contributed by atoms with Gasteiger partial charge in [-0.2, -0.15) is 0 Å². The van der Waals surface area contributed by atoms with Crippen molar-refractivity contribution < 1.29 is 15.3 Å². The number of rotatable bonds is 3. The van der Waals surface area contributed by atoms with E-state index in [1.165, 1.54) is 18.4 Å². The molecule has 3 heteroatoms. The maximum Gasteiger partial charge on any atom is 0.0887 e. The Hall–Kier alpha value is -0.640. The molecule has 3 saturated carbocycles. The minimum Gasteiger partial charge on any atom is -0.392 e. The van der Waals surface area contributed by atoms with Gasteiger partial charge in [-0.15, -0.1) is 0 Å². The summed E-state index contributed by atoms with van der Waals surface area (Å²) in [5.41, 5.74) is 0.784. The first kappa shape index (κ1) is 17.8. The van der Waals surface area contributed by atoms with E-state index in [1.54, 1.807) is 6.08 Å². The van der Waals surface area contributed by atoms with Gasteiger partial charge in [-0.05, 0) is 81.5 Å². The summed E-state index contributed by atoms with van der Waals surface area (Å²) < 4.78 is 0. The van der Waals surface area contributed by atoms with Crippen LogP contribution in [0.2, 0.25) is 0 Å². The molecule has 140 valence electrons. The zero-order chi connectivity index (χ0) is 17.7. The highest BCUT2D eigenvalue weighted by Crippen LogP contribution is 2.66. The summed E-state index contributed by atoms with van der Waals surface area (Å²) in [5, 5.41) is 30.7. The Labute approximate surface area is 151 Å². The van der Waals surface area contributed by atoms with Crippen LogP contribution in [0, 0.1) is 29.1 Å². The van der Waals surface area contributed by atoms with Crippen LogP contribution in [0.3, 0.4) is 0 Å². The monoisotopic (exact) mass is 346 g/mol. The van der Waals surface area contributed by atoms with E-state index in [0.29, 0.717) is 11.8 Å². The van der Waals surface area contributed by atoms with Crippen LogP contribution in [0.15, 0.2) is 23.8 Å². The molecule has 0 spiro atoms. The number of fused-ring (bicyclic) bond motifs is 5. The van der Waals surface area contributed by atoms with Crippen LogP contribution in [0.25, 0.3) is 0 Å². The van der Waals surface area contributed by atoms with Gasteiger partial charge >= 0.3 is 0 Å². The van der Waals surface area contributed by atoms with Gasteiger partial charge in [0, 0.05) is 5.41 Å². The number of aliphatic hydroxyl groups excluding tert-OH is 2. The van der Waals surface area contributed by atoms with Crippen molar-refractivity contribution in [1.82, 2.24) is 0 Å². The predicted octanol–water partition coefficient (Wildman–Crippen LogP) is 3.59. The summed E-state index contributed by atoms with van der Waals surface area (Å²) >= 11 is 0. The smallest absolute Gasteiger partial charge is 0.0887 e. The zero-order valence-electron chi connectivity index (χ0n) is 15.5. The van der Waals surface area contributed by atoms with Gasteiger partial charge in [-0.25, -0.2) is 0 Å². The molecular formula is C22H34O3. The molecule has 4 aliphatic carbocycles. The third-order valence-corrected chi connectivity index (χ3v) is 8.47. The fourth-order valence-corrected chi connectivity index (χ4v) is 7.42. The standard InChI is InChI=1S/C22H34O3/c1-2-21-11-8-18-17-7-5-16(24)14-15(17)4-6-19(18)20(21)9-12-22(21,25)10-3-13-23/h3,10,14,16-20,23-25H,2,4-9,11-13H2,1H3/b10-3-. The van der Waals surface area contributed by atoms with E-state index in [2.05, 4.69) is 13.0 Å². The minimum absolute atomic E-state index is 0.00473. The molecule has 0 radical (unpaired) electrons. The number of hydrogen-bond acceptors (Lipinski definition) is 3. The van der Waals surface area contributed by atoms with E-state index >= 15 is 0 Å². The van der Waals surface area contributed by atoms with E-state index < -0.39 is 5.60 Å². The van der Waals surface area contributed by atoms with Crippen LogP contribution in [0.4, 0.5) is 0 Å². The summed E-state index contributed by atoms with van der Waals surface area (Å²) in [6.45, 7) is 2.26. The molecule has 4 rings (SSSR count). The first-order chi connectivity index (χ1) is 12.0. The van der Waals surface area contributed by atoms with Crippen molar-refractivity contribution in [2.24, 2.45) is 29.1 Å². The summed E-state index contributed by atoms with van der Waals surface area (Å²) in [6.07, 6.45) is 15.3. The molecule has 7 unspecified atom stereocenters. The van der Waals surface area contributed by atoms with Crippen molar-refractivity contribution in [1.29, 1.82) is 0 Å². The molecule has 0 heterocycles. The Kier molecular flexibility index (Phi) is 4.62. The van der Waals surface area contributed by atoms with Crippen LogP contribution >= 0.6 is 0 Å². The molecule has 3 nitrogen and oxygen atoms in total. The highest BCUT2D eigenvalue weighted by atomic mass is 16.3. The van der Waals surface area contributed by atoms with Gasteiger partial charge in [0.25, 0.3) is 0 Å². The maximum atomic E-state index is 11.5. The van der Waals surface area contributed by atoms with Crippen LogP contribution in [-0.2, 0) is 0 Å². The fourth-order valence-electron chi connectivity index (χ4n) is 7.42. The lowest BCUT2D eigenvalue weighted by molar-refractivity contribution is -0.105. The lowest BCUT2D eigenvalue weighted by atomic mass is 9.49. The molecule has 0 aromatic heterocycles. The third-order valence-electron chi connectivity index (χ3n) is 8.47. The summed E-state index contributed by atoms with van der Waals surface area (Å²) in [7, 11) is 0. The van der Waals surface area contributed by atoms with E-state index in [0.717, 1.165) is 56.8 Å². The Morgan fingerprint density at radius 1 is 1.12 bits per heavy atom. The lowest BCUT2D eigenvalue weighted by Crippen LogP contribution is -2.53. The van der Waals surface area contributed by atoms with Crippen molar-refractivity contribution >= 4 is 0 Å². The van der Waals surface area contributed by atoms with Crippen LogP contribution in [-0.4, -0.2) is 33.6 Å². The molecular weight excluding hydrogens is 312 g/mol. The maximum absolute atomic E-state index is 11.5. The van der Waals surface area contributed by atoms with Gasteiger partial charge in [-0.3, -0.25) is 0 Å². The van der Waals surface area contributed by atoms with Gasteiger partial charge in [0.15, 0.2) is 0 Å². The van der Waals surface area contributed by atoms with Crippen molar-refractivity contribution in [2.75, 3.05) is 6.61 Å². The molecule has 7 atom stereocenters. The minimum atomic E-state index is -0.737. The SMILES string of the molecule is CCC12CCC3C4CCC(O)C=C4CCC3C1CCC2(O)/C=C\CO. The van der Waals surface area contributed by atoms with Gasteiger partial charge in [0.2, 0.25) is 0 Å². The Bertz CT molecular complexity index is 568. The first-order valence-corrected chi connectivity index (χ1v) is 10.4. The molecule has 0 aliphatic heterocycles. The highest BCUT2D eigenvalue weighted by Gasteiger charge is 2.62. The van der Waals surface area contributed by atoms with E-state index in [-0.39, 0.29) is 18.1 Å². The van der Waals surface area contributed by atoms with Crippen molar-refractivity contribution in [3.8, 4) is 0 Å². The van der Waals surface area contributed by atoms with E-state index in [4.69, 9.17) is 0 Å². The fraction of sp³-hybridized carbons (Fsp3) is 0.818. The second-order valence-corrected chi connectivity index (χ2v) is 9.06.